The van der Waals surface area contributed by atoms with Crippen molar-refractivity contribution in [3.05, 3.63) is 53.2 Å². The van der Waals surface area contributed by atoms with Crippen molar-refractivity contribution in [3.63, 3.8) is 0 Å². The second-order valence-electron chi connectivity index (χ2n) is 5.39. The molecule has 0 aliphatic carbocycles. The van der Waals surface area contributed by atoms with Crippen LogP contribution in [0.1, 0.15) is 16.7 Å². The molecular formula is C18H16N4O2S. The Morgan fingerprint density at radius 2 is 2.12 bits per heavy atom. The number of hydrogen-bond acceptors (Lipinski definition) is 6. The summed E-state index contributed by atoms with van der Waals surface area (Å²) in [5.74, 6) is 0.446. The van der Waals surface area contributed by atoms with Crippen LogP contribution >= 0.6 is 11.8 Å². The Morgan fingerprint density at radius 3 is 2.76 bits per heavy atom. The number of aryl methyl sites for hydroxylation is 1. The lowest BCUT2D eigenvalue weighted by Crippen LogP contribution is -2.05. The molecule has 0 bridgehead atoms. The molecule has 0 spiro atoms. The first-order chi connectivity index (χ1) is 12.1. The number of fused-ring (bicyclic) bond motifs is 1. The Bertz CT molecular complexity index is 996. The van der Waals surface area contributed by atoms with E-state index in [0.29, 0.717) is 28.3 Å². The first-order valence-corrected chi connectivity index (χ1v) is 8.65. The number of nitriles is 1. The van der Waals surface area contributed by atoms with Crippen molar-refractivity contribution < 1.29 is 9.94 Å². The van der Waals surface area contributed by atoms with Crippen molar-refractivity contribution in [1.82, 2.24) is 9.55 Å². The summed E-state index contributed by atoms with van der Waals surface area (Å²) in [7, 11) is 3.43. The molecular weight excluding hydrogens is 336 g/mol. The van der Waals surface area contributed by atoms with Gasteiger partial charge in [-0.25, -0.2) is 4.98 Å². The molecule has 25 heavy (non-hydrogen) atoms. The molecule has 126 valence electrons. The molecule has 1 N–H and O–H groups in total. The van der Waals surface area contributed by atoms with Crippen LogP contribution in [-0.4, -0.2) is 33.8 Å². The third-order valence-electron chi connectivity index (χ3n) is 3.95. The van der Waals surface area contributed by atoms with E-state index in [-0.39, 0.29) is 0 Å². The first-order valence-electron chi connectivity index (χ1n) is 7.43. The summed E-state index contributed by atoms with van der Waals surface area (Å²) in [4.78, 5) is 4.32. The van der Waals surface area contributed by atoms with E-state index in [1.54, 1.807) is 19.4 Å². The second kappa shape index (κ2) is 6.87. The summed E-state index contributed by atoms with van der Waals surface area (Å²) in [6.45, 7) is 0. The average molecular weight is 352 g/mol. The van der Waals surface area contributed by atoms with Gasteiger partial charge in [-0.3, -0.25) is 0 Å². The van der Waals surface area contributed by atoms with Crippen molar-refractivity contribution in [2.24, 2.45) is 12.2 Å². The minimum atomic E-state index is 0.394. The second-order valence-corrected chi connectivity index (χ2v) is 6.21. The van der Waals surface area contributed by atoms with Crippen molar-refractivity contribution in [3.8, 4) is 11.9 Å². The molecule has 3 aromatic rings. The van der Waals surface area contributed by atoms with Crippen molar-refractivity contribution in [2.45, 2.75) is 5.03 Å². The molecule has 0 atom stereocenters. The van der Waals surface area contributed by atoms with Gasteiger partial charge < -0.3 is 14.5 Å². The van der Waals surface area contributed by atoms with Crippen LogP contribution in [0.3, 0.4) is 0 Å². The van der Waals surface area contributed by atoms with Gasteiger partial charge in [0.1, 0.15) is 16.8 Å². The standard InChI is InChI=1S/C18H16N4O2S/c1-22-10-13(9-19)14-6-11(4-5-15(14)22)18(21-23)12-7-16(24-2)20-17(8-12)25-3/h4-8,10,23H,1-3H3/b21-18+. The lowest BCUT2D eigenvalue weighted by Gasteiger charge is -2.09. The Hall–Kier alpha value is -2.98. The van der Waals surface area contributed by atoms with E-state index >= 15 is 0 Å². The summed E-state index contributed by atoms with van der Waals surface area (Å²) in [5, 5.41) is 24.0. The van der Waals surface area contributed by atoms with E-state index in [2.05, 4.69) is 16.2 Å². The SMILES string of the molecule is COc1cc(/C(=N/O)c2ccc3c(c2)c(C#N)cn3C)cc(SC)n1. The topological polar surface area (TPSA) is 83.4 Å². The molecule has 6 nitrogen and oxygen atoms in total. The van der Waals surface area contributed by atoms with Gasteiger partial charge in [-0.05, 0) is 24.5 Å². The molecule has 0 amide bonds. The van der Waals surface area contributed by atoms with Gasteiger partial charge in [0.25, 0.3) is 0 Å². The zero-order valence-electron chi connectivity index (χ0n) is 14.0. The predicted octanol–water partition coefficient (Wildman–Crippen LogP) is 3.40. The Labute approximate surface area is 149 Å². The fraction of sp³-hybridized carbons (Fsp3) is 0.167. The smallest absolute Gasteiger partial charge is 0.214 e. The number of methoxy groups -OCH3 is 1. The van der Waals surface area contributed by atoms with Crippen LogP contribution in [0.4, 0.5) is 0 Å². The molecule has 0 fully saturated rings. The zero-order valence-corrected chi connectivity index (χ0v) is 14.8. The highest BCUT2D eigenvalue weighted by molar-refractivity contribution is 7.98. The summed E-state index contributed by atoms with van der Waals surface area (Å²) in [6, 6.07) is 11.4. The monoisotopic (exact) mass is 352 g/mol. The number of ether oxygens (including phenoxy) is 1. The molecule has 7 heteroatoms. The number of thioether (sulfide) groups is 1. The lowest BCUT2D eigenvalue weighted by atomic mass is 10.0. The van der Waals surface area contributed by atoms with Gasteiger partial charge >= 0.3 is 0 Å². The molecule has 2 heterocycles. The summed E-state index contributed by atoms with van der Waals surface area (Å²) < 4.78 is 7.13. The van der Waals surface area contributed by atoms with Crippen molar-refractivity contribution in [2.75, 3.05) is 13.4 Å². The van der Waals surface area contributed by atoms with Gasteiger partial charge in [-0.2, -0.15) is 5.26 Å². The molecule has 3 rings (SSSR count). The Balaban J connectivity index is 2.17. The maximum Gasteiger partial charge on any atom is 0.214 e. The summed E-state index contributed by atoms with van der Waals surface area (Å²) in [6.07, 6.45) is 3.70. The lowest BCUT2D eigenvalue weighted by molar-refractivity contribution is 0.319. The minimum Gasteiger partial charge on any atom is -0.481 e. The summed E-state index contributed by atoms with van der Waals surface area (Å²) >= 11 is 1.47. The third kappa shape index (κ3) is 3.04. The quantitative estimate of drug-likeness (QED) is 0.337. The van der Waals surface area contributed by atoms with E-state index in [1.807, 2.05) is 42.1 Å². The molecule has 0 radical (unpaired) electrons. The number of pyridine rings is 1. The highest BCUT2D eigenvalue weighted by Gasteiger charge is 2.14. The molecule has 2 aromatic heterocycles. The normalized spacial score (nSPS) is 11.5. The van der Waals surface area contributed by atoms with Crippen LogP contribution in [0.15, 0.2) is 46.7 Å². The van der Waals surface area contributed by atoms with E-state index in [9.17, 15) is 10.5 Å². The number of aromatic nitrogens is 2. The number of benzene rings is 1. The maximum absolute atomic E-state index is 9.61. The van der Waals surface area contributed by atoms with Crippen molar-refractivity contribution >= 4 is 28.4 Å². The van der Waals surface area contributed by atoms with E-state index in [1.165, 1.54) is 11.8 Å². The van der Waals surface area contributed by atoms with Gasteiger partial charge in [-0.15, -0.1) is 11.8 Å². The van der Waals surface area contributed by atoms with Gasteiger partial charge in [-0.1, -0.05) is 11.2 Å². The molecule has 0 aliphatic rings. The van der Waals surface area contributed by atoms with E-state index in [4.69, 9.17) is 4.74 Å². The largest absolute Gasteiger partial charge is 0.481 e. The van der Waals surface area contributed by atoms with Crippen LogP contribution in [0.5, 0.6) is 5.88 Å². The highest BCUT2D eigenvalue weighted by Crippen LogP contribution is 2.25. The highest BCUT2D eigenvalue weighted by atomic mass is 32.2. The molecule has 0 unspecified atom stereocenters. The Kier molecular flexibility index (Phi) is 4.63. The van der Waals surface area contributed by atoms with Gasteiger partial charge in [0.2, 0.25) is 5.88 Å². The molecule has 1 aromatic carbocycles. The number of oxime groups is 1. The minimum absolute atomic E-state index is 0.394. The van der Waals surface area contributed by atoms with E-state index < -0.39 is 0 Å². The van der Waals surface area contributed by atoms with Crippen molar-refractivity contribution in [1.29, 1.82) is 5.26 Å². The maximum atomic E-state index is 9.61. The zero-order chi connectivity index (χ0) is 18.0. The number of rotatable bonds is 4. The van der Waals surface area contributed by atoms with Gasteiger partial charge in [0.05, 0.1) is 12.7 Å². The number of nitrogens with zero attached hydrogens (tertiary/aromatic N) is 4. The third-order valence-corrected chi connectivity index (χ3v) is 4.58. The van der Waals surface area contributed by atoms with E-state index in [0.717, 1.165) is 15.9 Å². The van der Waals surface area contributed by atoms with Crippen LogP contribution in [-0.2, 0) is 7.05 Å². The van der Waals surface area contributed by atoms with Crippen LogP contribution < -0.4 is 4.74 Å². The molecule has 0 aliphatic heterocycles. The fourth-order valence-corrected chi connectivity index (χ4v) is 3.16. The molecule has 0 saturated heterocycles. The van der Waals surface area contributed by atoms with Crippen LogP contribution in [0.25, 0.3) is 10.9 Å². The number of hydrogen-bond donors (Lipinski definition) is 1. The molecule has 0 saturated carbocycles. The fourth-order valence-electron chi connectivity index (χ4n) is 2.74. The predicted molar refractivity (Wildman–Crippen MR) is 97.6 cm³/mol. The average Bonchev–Trinajstić information content (AvgIpc) is 2.97. The van der Waals surface area contributed by atoms with Gasteiger partial charge in [0, 0.05) is 41.3 Å². The summed E-state index contributed by atoms with van der Waals surface area (Å²) in [5.41, 5.74) is 3.31. The van der Waals surface area contributed by atoms with Crippen LogP contribution in [0, 0.1) is 11.3 Å². The first kappa shape index (κ1) is 16.9. The Morgan fingerprint density at radius 1 is 1.32 bits per heavy atom. The van der Waals surface area contributed by atoms with Crippen LogP contribution in [0.2, 0.25) is 0 Å². The van der Waals surface area contributed by atoms with Gasteiger partial charge in [0.15, 0.2) is 0 Å².